The molecule has 0 aromatic carbocycles. The molecule has 23 heteroatoms. The zero-order valence-corrected chi connectivity index (χ0v) is 23.5. The molecule has 1 saturated heterocycles. The SMILES string of the molecule is C.Nc1ncnc2c1ncn2C1OC(COP(=O)(O)OP(=O)([O-])OP(=O)([O-])O)C(O)C1O.[Na+].[Na+]. The number of aromatic nitrogens is 4. The van der Waals surface area contributed by atoms with Crippen molar-refractivity contribution >= 4 is 40.4 Å². The van der Waals surface area contributed by atoms with Crippen molar-refractivity contribution in [2.45, 2.75) is 32.0 Å². The van der Waals surface area contributed by atoms with Crippen LogP contribution in [0, 0.1) is 0 Å². The number of phosphoric acid groups is 3. The Labute approximate surface area is 235 Å². The predicted molar refractivity (Wildman–Crippen MR) is 97.8 cm³/mol. The number of ether oxygens (including phenoxy) is 1. The Morgan fingerprint density at radius 3 is 2.29 bits per heavy atom. The molecule has 0 radical (unpaired) electrons. The zero-order valence-electron chi connectivity index (χ0n) is 16.8. The van der Waals surface area contributed by atoms with Gasteiger partial charge < -0.3 is 40.3 Å². The van der Waals surface area contributed by atoms with Gasteiger partial charge >= 0.3 is 66.9 Å². The molecule has 0 aliphatic carbocycles. The Morgan fingerprint density at radius 1 is 1.09 bits per heavy atom. The van der Waals surface area contributed by atoms with Gasteiger partial charge in [-0.3, -0.25) is 18.2 Å². The minimum absolute atomic E-state index is 0. The summed E-state index contributed by atoms with van der Waals surface area (Å²) < 4.78 is 51.0. The summed E-state index contributed by atoms with van der Waals surface area (Å²) in [6.07, 6.45) is -3.81. The van der Waals surface area contributed by atoms with Crippen LogP contribution in [0.3, 0.4) is 0 Å². The topological polar surface area (TPSA) is 285 Å². The van der Waals surface area contributed by atoms with Crippen LogP contribution in [0.4, 0.5) is 5.82 Å². The Morgan fingerprint density at radius 2 is 1.71 bits per heavy atom. The summed E-state index contributed by atoms with van der Waals surface area (Å²) >= 11 is 0. The van der Waals surface area contributed by atoms with E-state index in [1.165, 1.54) is 10.9 Å². The smallest absolute Gasteiger partial charge is 0.756 e. The second-order valence-electron chi connectivity index (χ2n) is 5.97. The average Bonchev–Trinajstić information content (AvgIpc) is 3.13. The van der Waals surface area contributed by atoms with E-state index in [0.717, 1.165) is 6.33 Å². The van der Waals surface area contributed by atoms with Gasteiger partial charge in [0.15, 0.2) is 17.7 Å². The van der Waals surface area contributed by atoms with Crippen LogP contribution in [0.15, 0.2) is 12.7 Å². The van der Waals surface area contributed by atoms with E-state index in [-0.39, 0.29) is 83.5 Å². The zero-order chi connectivity index (χ0) is 23.2. The molecule has 182 valence electrons. The number of hydrogen-bond acceptors (Lipinski definition) is 15. The summed E-state index contributed by atoms with van der Waals surface area (Å²) in [5.41, 5.74) is 5.97. The molecule has 1 aliphatic rings. The van der Waals surface area contributed by atoms with E-state index in [9.17, 15) is 38.6 Å². The van der Waals surface area contributed by atoms with Gasteiger partial charge in [-0.05, 0) is 0 Å². The van der Waals surface area contributed by atoms with Crippen molar-refractivity contribution in [3.05, 3.63) is 12.7 Å². The van der Waals surface area contributed by atoms with Crippen molar-refractivity contribution in [1.29, 1.82) is 0 Å². The van der Waals surface area contributed by atoms with Crippen LogP contribution in [-0.4, -0.2) is 64.4 Å². The number of hydrogen-bond donors (Lipinski definition) is 5. The van der Waals surface area contributed by atoms with E-state index in [0.29, 0.717) is 0 Å². The molecule has 1 aliphatic heterocycles. The summed E-state index contributed by atoms with van der Waals surface area (Å²) in [6.45, 7) is -1.000. The number of anilines is 1. The van der Waals surface area contributed by atoms with Gasteiger partial charge in [-0.2, -0.15) is 0 Å². The molecule has 0 spiro atoms. The van der Waals surface area contributed by atoms with Gasteiger partial charge in [0.1, 0.15) is 30.2 Å². The Balaban J connectivity index is 0.00000363. The number of aliphatic hydroxyl groups is 2. The van der Waals surface area contributed by atoms with Gasteiger partial charge in [0, 0.05) is 0 Å². The van der Waals surface area contributed by atoms with Crippen molar-refractivity contribution in [2.24, 2.45) is 0 Å². The number of nitrogen functional groups attached to an aromatic ring is 1. The number of phosphoric ester groups is 1. The monoisotopic (exact) mass is 567 g/mol. The molecular formula is C11H18N5Na2O13P3. The van der Waals surface area contributed by atoms with Crippen molar-refractivity contribution in [2.75, 3.05) is 12.3 Å². The Hall–Kier alpha value is 0.640. The Kier molecular flexibility index (Phi) is 13.2. The van der Waals surface area contributed by atoms with E-state index < -0.39 is 54.6 Å². The molecule has 2 aromatic heterocycles. The molecule has 6 N–H and O–H groups in total. The predicted octanol–water partition coefficient (Wildman–Crippen LogP) is -8.25. The molecule has 1 fully saturated rings. The molecule has 0 amide bonds. The maximum absolute atomic E-state index is 11.7. The van der Waals surface area contributed by atoms with Crippen LogP contribution in [0.5, 0.6) is 0 Å². The van der Waals surface area contributed by atoms with Crippen molar-refractivity contribution in [3.8, 4) is 0 Å². The fraction of sp³-hybridized carbons (Fsp3) is 0.545. The molecule has 3 heterocycles. The third-order valence-corrected chi connectivity index (χ3v) is 7.53. The summed E-state index contributed by atoms with van der Waals surface area (Å²) in [4.78, 5) is 51.0. The molecular weight excluding hydrogens is 549 g/mol. The first-order valence-corrected chi connectivity index (χ1v) is 12.3. The van der Waals surface area contributed by atoms with Gasteiger partial charge in [-0.1, -0.05) is 7.43 Å². The van der Waals surface area contributed by atoms with Crippen LogP contribution in [0.1, 0.15) is 13.7 Å². The minimum atomic E-state index is -6.01. The molecule has 3 rings (SSSR count). The van der Waals surface area contributed by atoms with E-state index in [1.54, 1.807) is 0 Å². The van der Waals surface area contributed by atoms with Gasteiger partial charge in [-0.25, -0.2) is 28.1 Å². The Bertz CT molecular complexity index is 1120. The van der Waals surface area contributed by atoms with E-state index in [1.807, 2.05) is 0 Å². The summed E-state index contributed by atoms with van der Waals surface area (Å²) in [6, 6.07) is 0. The average molecular weight is 567 g/mol. The first-order valence-electron chi connectivity index (χ1n) is 7.88. The van der Waals surface area contributed by atoms with Gasteiger partial charge in [0.2, 0.25) is 0 Å². The molecule has 2 aromatic rings. The number of aliphatic hydroxyl groups excluding tert-OH is 2. The number of fused-ring (bicyclic) bond motifs is 1. The van der Waals surface area contributed by atoms with Crippen LogP contribution >= 0.6 is 23.5 Å². The molecule has 0 bridgehead atoms. The van der Waals surface area contributed by atoms with Crippen LogP contribution < -0.4 is 74.6 Å². The van der Waals surface area contributed by atoms with Crippen molar-refractivity contribution in [3.63, 3.8) is 0 Å². The molecule has 0 saturated carbocycles. The van der Waals surface area contributed by atoms with E-state index >= 15 is 0 Å². The maximum Gasteiger partial charge on any atom is 1.00 e. The second kappa shape index (κ2) is 12.9. The van der Waals surface area contributed by atoms with Crippen molar-refractivity contribution in [1.82, 2.24) is 19.5 Å². The number of rotatable bonds is 8. The summed E-state index contributed by atoms with van der Waals surface area (Å²) in [5, 5.41) is 20.4. The molecule has 7 atom stereocenters. The van der Waals surface area contributed by atoms with Gasteiger partial charge in [-0.15, -0.1) is 0 Å². The molecule has 18 nitrogen and oxygen atoms in total. The third kappa shape index (κ3) is 8.60. The maximum atomic E-state index is 11.7. The number of imidazole rings is 1. The third-order valence-electron chi connectivity index (χ3n) is 3.81. The van der Waals surface area contributed by atoms with E-state index in [4.69, 9.17) is 15.4 Å². The fourth-order valence-electron chi connectivity index (χ4n) is 2.61. The van der Waals surface area contributed by atoms with Gasteiger partial charge in [0.05, 0.1) is 12.9 Å². The van der Waals surface area contributed by atoms with E-state index in [2.05, 4.69) is 28.1 Å². The fourth-order valence-corrected chi connectivity index (χ4v) is 5.55. The largest absolute Gasteiger partial charge is 1.00 e. The van der Waals surface area contributed by atoms with Crippen molar-refractivity contribution < 1.29 is 120 Å². The second-order valence-corrected chi connectivity index (χ2v) is 10.3. The van der Waals surface area contributed by atoms with Crippen LogP contribution in [0.2, 0.25) is 0 Å². The standard InChI is InChI=1S/C10H16N5O13P3.CH4.2Na/c11-8-5-9(13-2-12-8)15(3-14-5)10-7(17)6(16)4(26-10)1-25-30(21,22)28-31(23,24)27-29(18,19)20;;;/h2-4,6-7,10,16-17H,1H2,(H,21,22)(H,23,24)(H2,11,12,13)(H2,18,19,20);1H4;;/q;;2*+1/p-2. The first-order chi connectivity index (χ1) is 14.2. The first kappa shape index (κ1) is 34.6. The minimum Gasteiger partial charge on any atom is -0.756 e. The summed E-state index contributed by atoms with van der Waals surface area (Å²) in [7, 11) is -17.4. The molecule has 7 unspecified atom stereocenters. The van der Waals surface area contributed by atoms with Gasteiger partial charge in [0.25, 0.3) is 15.6 Å². The van der Waals surface area contributed by atoms with Crippen LogP contribution in [0.25, 0.3) is 11.2 Å². The van der Waals surface area contributed by atoms with Crippen LogP contribution in [-0.2, 0) is 31.6 Å². The number of nitrogens with two attached hydrogens (primary N) is 1. The summed E-state index contributed by atoms with van der Waals surface area (Å²) in [5.74, 6) is 0.0322. The number of nitrogens with zero attached hydrogens (tertiary/aromatic N) is 4. The quantitative estimate of drug-likeness (QED) is 0.146. The normalized spacial score (nSPS) is 27.4. The molecule has 34 heavy (non-hydrogen) atoms.